The van der Waals surface area contributed by atoms with Gasteiger partial charge >= 0.3 is 6.18 Å². The van der Waals surface area contributed by atoms with Crippen LogP contribution in [0.1, 0.15) is 22.3 Å². The molecule has 1 aliphatic rings. The molecule has 0 bridgehead atoms. The second kappa shape index (κ2) is 7.62. The fourth-order valence-electron chi connectivity index (χ4n) is 3.03. The summed E-state index contributed by atoms with van der Waals surface area (Å²) < 4.78 is 57.8. The van der Waals surface area contributed by atoms with Gasteiger partial charge in [-0.2, -0.15) is 18.3 Å². The molecule has 3 aromatic rings. The molecule has 0 aromatic heterocycles. The molecular formula is C22H15F4N3O. The first kappa shape index (κ1) is 19.6. The second-order valence-corrected chi connectivity index (χ2v) is 6.50. The summed E-state index contributed by atoms with van der Waals surface area (Å²) in [4.78, 5) is 4.54. The molecule has 1 aliphatic heterocycles. The van der Waals surface area contributed by atoms with Crippen LogP contribution in [0.15, 0.2) is 76.8 Å². The van der Waals surface area contributed by atoms with Gasteiger partial charge in [0.2, 0.25) is 0 Å². The van der Waals surface area contributed by atoms with E-state index in [1.165, 1.54) is 30.3 Å². The van der Waals surface area contributed by atoms with Crippen LogP contribution in [0.25, 0.3) is 0 Å². The summed E-state index contributed by atoms with van der Waals surface area (Å²) in [5, 5.41) is 4.32. The fourth-order valence-corrected chi connectivity index (χ4v) is 3.03. The molecule has 0 unspecified atom stereocenters. The van der Waals surface area contributed by atoms with Crippen molar-refractivity contribution in [1.82, 2.24) is 5.43 Å². The maximum absolute atomic E-state index is 14.0. The zero-order valence-corrected chi connectivity index (χ0v) is 15.7. The van der Waals surface area contributed by atoms with Gasteiger partial charge in [-0.3, -0.25) is 5.43 Å². The number of hydrogen-bond donors (Lipinski definition) is 1. The minimum absolute atomic E-state index is 0.283. The molecule has 1 heterocycles. The Labute approximate surface area is 169 Å². The molecule has 30 heavy (non-hydrogen) atoms. The highest BCUT2D eigenvalue weighted by Crippen LogP contribution is 2.31. The molecule has 4 rings (SSSR count). The van der Waals surface area contributed by atoms with Crippen LogP contribution in [0.4, 0.5) is 23.2 Å². The van der Waals surface area contributed by atoms with E-state index in [1.807, 2.05) is 0 Å². The van der Waals surface area contributed by atoms with E-state index in [0.717, 1.165) is 12.1 Å². The average molecular weight is 413 g/mol. The van der Waals surface area contributed by atoms with Gasteiger partial charge in [0.25, 0.3) is 0 Å². The first-order chi connectivity index (χ1) is 14.3. The van der Waals surface area contributed by atoms with Gasteiger partial charge in [-0.25, -0.2) is 9.38 Å². The smallest absolute Gasteiger partial charge is 0.416 e. The maximum Gasteiger partial charge on any atom is 0.416 e. The summed E-state index contributed by atoms with van der Waals surface area (Å²) in [6.45, 7) is 0. The highest BCUT2D eigenvalue weighted by Gasteiger charge is 2.30. The quantitative estimate of drug-likeness (QED) is 0.594. The number of nitrogens with one attached hydrogen (secondary N) is 1. The molecule has 152 valence electrons. The van der Waals surface area contributed by atoms with Crippen molar-refractivity contribution in [2.45, 2.75) is 6.18 Å². The molecule has 4 nitrogen and oxygen atoms in total. The first-order valence-electron chi connectivity index (χ1n) is 8.89. The van der Waals surface area contributed by atoms with Gasteiger partial charge < -0.3 is 4.74 Å². The SMILES string of the molecule is COc1ccc(C2=Nc3ccc(F)cc3C(c3ccc(C(F)(F)F)cc3)=NN2)cc1. The van der Waals surface area contributed by atoms with Crippen LogP contribution >= 0.6 is 0 Å². The van der Waals surface area contributed by atoms with Crippen LogP contribution < -0.4 is 10.2 Å². The minimum atomic E-state index is -4.45. The fraction of sp³-hybridized carbons (Fsp3) is 0.0909. The summed E-state index contributed by atoms with van der Waals surface area (Å²) in [5.74, 6) is 0.577. The number of halogens is 4. The molecule has 0 aliphatic carbocycles. The third-order valence-corrected chi connectivity index (χ3v) is 4.57. The number of alkyl halides is 3. The highest BCUT2D eigenvalue weighted by atomic mass is 19.4. The normalized spacial score (nSPS) is 13.5. The number of amidine groups is 1. The lowest BCUT2D eigenvalue weighted by molar-refractivity contribution is -0.137. The van der Waals surface area contributed by atoms with Crippen molar-refractivity contribution >= 4 is 17.2 Å². The molecule has 0 radical (unpaired) electrons. The van der Waals surface area contributed by atoms with Crippen LogP contribution in [-0.4, -0.2) is 18.7 Å². The zero-order valence-electron chi connectivity index (χ0n) is 15.7. The number of rotatable bonds is 3. The van der Waals surface area contributed by atoms with Crippen molar-refractivity contribution in [3.8, 4) is 5.75 Å². The summed E-state index contributed by atoms with van der Waals surface area (Å²) in [6, 6.07) is 15.6. The Morgan fingerprint density at radius 2 is 1.53 bits per heavy atom. The van der Waals surface area contributed by atoms with Crippen LogP contribution in [0, 0.1) is 5.82 Å². The van der Waals surface area contributed by atoms with Crippen LogP contribution in [0.2, 0.25) is 0 Å². The number of aliphatic imine (C=N–C) groups is 1. The number of nitrogens with zero attached hydrogens (tertiary/aromatic N) is 2. The second-order valence-electron chi connectivity index (χ2n) is 6.50. The molecule has 3 aromatic carbocycles. The molecule has 0 atom stereocenters. The number of benzene rings is 3. The van der Waals surface area contributed by atoms with E-state index in [-0.39, 0.29) is 5.71 Å². The Balaban J connectivity index is 1.78. The van der Waals surface area contributed by atoms with Gasteiger partial charge in [0.05, 0.1) is 18.4 Å². The topological polar surface area (TPSA) is 46.0 Å². The highest BCUT2D eigenvalue weighted by molar-refractivity contribution is 6.18. The van der Waals surface area contributed by atoms with Crippen molar-refractivity contribution < 1.29 is 22.3 Å². The third-order valence-electron chi connectivity index (χ3n) is 4.57. The Morgan fingerprint density at radius 1 is 0.867 bits per heavy atom. The number of hydrazone groups is 1. The summed E-state index contributed by atoms with van der Waals surface area (Å²) >= 11 is 0. The van der Waals surface area contributed by atoms with Crippen molar-refractivity contribution in [2.75, 3.05) is 7.11 Å². The predicted octanol–water partition coefficient (Wildman–Crippen LogP) is 5.29. The predicted molar refractivity (Wildman–Crippen MR) is 106 cm³/mol. The van der Waals surface area contributed by atoms with Crippen molar-refractivity contribution in [2.24, 2.45) is 10.1 Å². The molecule has 1 N–H and O–H groups in total. The van der Waals surface area contributed by atoms with Crippen LogP contribution in [0.3, 0.4) is 0 Å². The van der Waals surface area contributed by atoms with Crippen molar-refractivity contribution in [1.29, 1.82) is 0 Å². The molecule has 0 amide bonds. The molecule has 0 fully saturated rings. The lowest BCUT2D eigenvalue weighted by Crippen LogP contribution is -2.19. The van der Waals surface area contributed by atoms with Gasteiger partial charge in [-0.15, -0.1) is 0 Å². The summed E-state index contributed by atoms with van der Waals surface area (Å²) in [5.41, 5.74) is 4.27. The average Bonchev–Trinajstić information content (AvgIpc) is 2.93. The number of fused-ring (bicyclic) bond motifs is 1. The van der Waals surface area contributed by atoms with Gasteiger partial charge in [-0.05, 0) is 54.6 Å². The lowest BCUT2D eigenvalue weighted by Gasteiger charge is -2.10. The Hall–Kier alpha value is -3.68. The van der Waals surface area contributed by atoms with E-state index in [2.05, 4.69) is 15.5 Å². The summed E-state index contributed by atoms with van der Waals surface area (Å²) in [6.07, 6.45) is -4.45. The van der Waals surface area contributed by atoms with E-state index in [1.54, 1.807) is 31.4 Å². The molecule has 0 saturated carbocycles. The molecule has 0 saturated heterocycles. The molecular weight excluding hydrogens is 398 g/mol. The Morgan fingerprint density at radius 3 is 2.17 bits per heavy atom. The molecule has 8 heteroatoms. The zero-order chi connectivity index (χ0) is 21.3. The van der Waals surface area contributed by atoms with Crippen molar-refractivity contribution in [3.63, 3.8) is 0 Å². The summed E-state index contributed by atoms with van der Waals surface area (Å²) in [7, 11) is 1.56. The maximum atomic E-state index is 14.0. The minimum Gasteiger partial charge on any atom is -0.497 e. The van der Waals surface area contributed by atoms with E-state index in [0.29, 0.717) is 34.0 Å². The lowest BCUT2D eigenvalue weighted by atomic mass is 9.99. The van der Waals surface area contributed by atoms with Gasteiger partial charge in [0, 0.05) is 16.7 Å². The number of hydrogen-bond acceptors (Lipinski definition) is 4. The van der Waals surface area contributed by atoms with Gasteiger partial charge in [0.15, 0.2) is 5.84 Å². The first-order valence-corrected chi connectivity index (χ1v) is 8.89. The standard InChI is InChI=1S/C22H15F4N3O/c1-30-17-9-4-14(5-10-17)21-27-19-11-8-16(23)12-18(19)20(28-29-21)13-2-6-15(7-3-13)22(24,25)26/h2-12H,1H3,(H,27,29). The number of methoxy groups -OCH3 is 1. The van der Waals surface area contributed by atoms with Gasteiger partial charge in [-0.1, -0.05) is 12.1 Å². The monoisotopic (exact) mass is 413 g/mol. The number of ether oxygens (including phenoxy) is 1. The Kier molecular flexibility index (Phi) is 4.99. The Bertz CT molecular complexity index is 1130. The van der Waals surface area contributed by atoms with Crippen LogP contribution in [-0.2, 0) is 6.18 Å². The third kappa shape index (κ3) is 3.89. The molecule has 0 spiro atoms. The van der Waals surface area contributed by atoms with E-state index < -0.39 is 17.6 Å². The van der Waals surface area contributed by atoms with Gasteiger partial charge in [0.1, 0.15) is 17.3 Å². The van der Waals surface area contributed by atoms with Crippen molar-refractivity contribution in [3.05, 3.63) is 94.8 Å². The van der Waals surface area contributed by atoms with E-state index in [4.69, 9.17) is 4.74 Å². The van der Waals surface area contributed by atoms with Crippen LogP contribution in [0.5, 0.6) is 5.75 Å². The van der Waals surface area contributed by atoms with E-state index >= 15 is 0 Å². The largest absolute Gasteiger partial charge is 0.497 e. The van der Waals surface area contributed by atoms with E-state index in [9.17, 15) is 17.6 Å².